The Labute approximate surface area is 153 Å². The van der Waals surface area contributed by atoms with Gasteiger partial charge in [0.1, 0.15) is 0 Å². The zero-order chi connectivity index (χ0) is 18.8. The Balaban J connectivity index is 1.70. The number of carbonyl (C=O) groups excluding carboxylic acids is 3. The number of nitrogens with zero attached hydrogens (tertiary/aromatic N) is 3. The van der Waals surface area contributed by atoms with Crippen LogP contribution in [0.3, 0.4) is 0 Å². The molecule has 7 nitrogen and oxygen atoms in total. The molecule has 2 aliphatic heterocycles. The fraction of sp³-hybridized carbons (Fsp3) is 0.526. The molecule has 0 N–H and O–H groups in total. The molecule has 7 heteroatoms. The molecular formula is C19H25N3O4. The van der Waals surface area contributed by atoms with Crippen LogP contribution in [0.15, 0.2) is 18.2 Å². The molecular weight excluding hydrogens is 334 g/mol. The summed E-state index contributed by atoms with van der Waals surface area (Å²) in [6, 6.07) is 5.32. The number of imide groups is 1. The maximum Gasteiger partial charge on any atom is 0.409 e. The van der Waals surface area contributed by atoms with Crippen molar-refractivity contribution in [1.29, 1.82) is 0 Å². The molecule has 140 valence electrons. The van der Waals surface area contributed by atoms with Crippen LogP contribution in [0, 0.1) is 13.8 Å². The van der Waals surface area contributed by atoms with Gasteiger partial charge in [0.25, 0.3) is 5.91 Å². The molecule has 0 spiro atoms. The average molecular weight is 359 g/mol. The van der Waals surface area contributed by atoms with Gasteiger partial charge in [-0.3, -0.25) is 14.5 Å². The van der Waals surface area contributed by atoms with E-state index >= 15 is 0 Å². The fourth-order valence-electron chi connectivity index (χ4n) is 3.55. The molecule has 0 bridgehead atoms. The summed E-state index contributed by atoms with van der Waals surface area (Å²) in [5.74, 6) is -0.338. The summed E-state index contributed by atoms with van der Waals surface area (Å²) >= 11 is 0. The number of piperazine rings is 1. The number of aryl methyl sites for hydroxylation is 2. The highest BCUT2D eigenvalue weighted by molar-refractivity contribution is 6.22. The lowest BCUT2D eigenvalue weighted by Gasteiger charge is -2.36. The summed E-state index contributed by atoms with van der Waals surface area (Å²) < 4.78 is 5.02. The lowest BCUT2D eigenvalue weighted by atomic mass is 10.1. The van der Waals surface area contributed by atoms with Gasteiger partial charge in [0, 0.05) is 26.2 Å². The molecule has 2 heterocycles. The Hall–Kier alpha value is -2.41. The molecule has 3 amide bonds. The van der Waals surface area contributed by atoms with E-state index in [1.165, 1.54) is 4.90 Å². The summed E-state index contributed by atoms with van der Waals surface area (Å²) in [6.07, 6.45) is -0.135. The minimum Gasteiger partial charge on any atom is -0.450 e. The van der Waals surface area contributed by atoms with Gasteiger partial charge in [-0.05, 0) is 38.0 Å². The predicted octanol–water partition coefficient (Wildman–Crippen LogP) is 1.71. The van der Waals surface area contributed by atoms with Crippen molar-refractivity contribution in [3.8, 4) is 0 Å². The number of ether oxygens (including phenoxy) is 1. The minimum absolute atomic E-state index is 0.165. The molecule has 0 radical (unpaired) electrons. The van der Waals surface area contributed by atoms with Crippen molar-refractivity contribution in [3.63, 3.8) is 0 Å². The van der Waals surface area contributed by atoms with E-state index in [1.54, 1.807) is 11.8 Å². The van der Waals surface area contributed by atoms with Crippen LogP contribution in [-0.2, 0) is 14.3 Å². The second kappa shape index (κ2) is 7.45. The maximum atomic E-state index is 13.0. The van der Waals surface area contributed by atoms with E-state index in [0.29, 0.717) is 38.5 Å². The van der Waals surface area contributed by atoms with Gasteiger partial charge >= 0.3 is 6.09 Å². The largest absolute Gasteiger partial charge is 0.450 e. The second-order valence-corrected chi connectivity index (χ2v) is 6.80. The van der Waals surface area contributed by atoms with Gasteiger partial charge in [0.15, 0.2) is 0 Å². The highest BCUT2D eigenvalue weighted by Gasteiger charge is 2.44. The summed E-state index contributed by atoms with van der Waals surface area (Å²) in [4.78, 5) is 42.3. The first kappa shape index (κ1) is 18.4. The topological polar surface area (TPSA) is 70.2 Å². The third kappa shape index (κ3) is 3.44. The maximum absolute atomic E-state index is 13.0. The van der Waals surface area contributed by atoms with Crippen molar-refractivity contribution in [2.24, 2.45) is 0 Å². The molecule has 0 unspecified atom stereocenters. The van der Waals surface area contributed by atoms with Crippen molar-refractivity contribution < 1.29 is 19.1 Å². The van der Waals surface area contributed by atoms with Crippen molar-refractivity contribution in [2.45, 2.75) is 33.2 Å². The van der Waals surface area contributed by atoms with Crippen LogP contribution in [0.2, 0.25) is 0 Å². The van der Waals surface area contributed by atoms with E-state index in [9.17, 15) is 14.4 Å². The molecule has 0 saturated carbocycles. The first-order chi connectivity index (χ1) is 12.4. The summed E-state index contributed by atoms with van der Waals surface area (Å²) in [6.45, 7) is 8.09. The van der Waals surface area contributed by atoms with Gasteiger partial charge in [-0.1, -0.05) is 12.1 Å². The summed E-state index contributed by atoms with van der Waals surface area (Å²) in [5.41, 5.74) is 2.59. The first-order valence-corrected chi connectivity index (χ1v) is 9.02. The quantitative estimate of drug-likeness (QED) is 0.769. The molecule has 2 saturated heterocycles. The second-order valence-electron chi connectivity index (χ2n) is 6.80. The lowest BCUT2D eigenvalue weighted by molar-refractivity contribution is -0.123. The van der Waals surface area contributed by atoms with E-state index in [-0.39, 0.29) is 24.3 Å². The molecule has 1 aromatic rings. The lowest BCUT2D eigenvalue weighted by Crippen LogP contribution is -2.54. The van der Waals surface area contributed by atoms with Crippen LogP contribution < -0.4 is 4.90 Å². The number of hydrogen-bond donors (Lipinski definition) is 0. The Kier molecular flexibility index (Phi) is 5.27. The number of benzene rings is 1. The van der Waals surface area contributed by atoms with Crippen molar-refractivity contribution in [2.75, 3.05) is 37.7 Å². The first-order valence-electron chi connectivity index (χ1n) is 9.02. The Morgan fingerprint density at radius 3 is 2.50 bits per heavy atom. The number of carbonyl (C=O) groups is 3. The Bertz CT molecular complexity index is 725. The van der Waals surface area contributed by atoms with Crippen molar-refractivity contribution in [1.82, 2.24) is 9.80 Å². The van der Waals surface area contributed by atoms with E-state index in [0.717, 1.165) is 11.1 Å². The molecule has 2 aliphatic rings. The van der Waals surface area contributed by atoms with Crippen LogP contribution in [0.1, 0.15) is 24.5 Å². The molecule has 0 aliphatic carbocycles. The Morgan fingerprint density at radius 1 is 1.15 bits per heavy atom. The molecule has 0 aromatic heterocycles. The van der Waals surface area contributed by atoms with Crippen LogP contribution in [0.4, 0.5) is 10.5 Å². The van der Waals surface area contributed by atoms with Gasteiger partial charge < -0.3 is 9.64 Å². The predicted molar refractivity (Wildman–Crippen MR) is 97.0 cm³/mol. The smallest absolute Gasteiger partial charge is 0.409 e. The van der Waals surface area contributed by atoms with Crippen molar-refractivity contribution in [3.05, 3.63) is 29.3 Å². The zero-order valence-electron chi connectivity index (χ0n) is 15.5. The fourth-order valence-corrected chi connectivity index (χ4v) is 3.55. The van der Waals surface area contributed by atoms with Crippen LogP contribution in [0.5, 0.6) is 0 Å². The number of rotatable bonds is 3. The van der Waals surface area contributed by atoms with Gasteiger partial charge in [-0.15, -0.1) is 0 Å². The highest BCUT2D eigenvalue weighted by Crippen LogP contribution is 2.29. The molecule has 1 atom stereocenters. The van der Waals surface area contributed by atoms with Crippen LogP contribution >= 0.6 is 0 Å². The van der Waals surface area contributed by atoms with E-state index in [4.69, 9.17) is 4.74 Å². The zero-order valence-corrected chi connectivity index (χ0v) is 15.5. The van der Waals surface area contributed by atoms with Gasteiger partial charge in [-0.2, -0.15) is 0 Å². The number of anilines is 1. The number of amides is 3. The summed E-state index contributed by atoms with van der Waals surface area (Å²) in [7, 11) is 0. The normalized spacial score (nSPS) is 21.4. The number of hydrogen-bond acceptors (Lipinski definition) is 5. The molecule has 1 aromatic carbocycles. The molecule has 2 fully saturated rings. The van der Waals surface area contributed by atoms with Crippen LogP contribution in [0.25, 0.3) is 0 Å². The standard InChI is InChI=1S/C19H25N3O4/c1-4-26-19(25)21-9-7-20(8-10-21)16-12-17(23)22(18(16)24)15-11-13(2)5-6-14(15)3/h5-6,11,16H,4,7-10,12H2,1-3H3/t16-/m0/s1. The van der Waals surface area contributed by atoms with E-state index < -0.39 is 6.04 Å². The Morgan fingerprint density at radius 2 is 1.85 bits per heavy atom. The molecule has 3 rings (SSSR count). The van der Waals surface area contributed by atoms with Crippen molar-refractivity contribution >= 4 is 23.6 Å². The average Bonchev–Trinajstić information content (AvgIpc) is 2.92. The van der Waals surface area contributed by atoms with Gasteiger partial charge in [0.2, 0.25) is 5.91 Å². The SMILES string of the molecule is CCOC(=O)N1CCN([C@H]2CC(=O)N(c3cc(C)ccc3C)C2=O)CC1. The summed E-state index contributed by atoms with van der Waals surface area (Å²) in [5, 5.41) is 0. The van der Waals surface area contributed by atoms with E-state index in [2.05, 4.69) is 0 Å². The van der Waals surface area contributed by atoms with E-state index in [1.807, 2.05) is 36.9 Å². The third-order valence-corrected chi connectivity index (χ3v) is 5.01. The minimum atomic E-state index is -0.452. The highest BCUT2D eigenvalue weighted by atomic mass is 16.6. The van der Waals surface area contributed by atoms with Gasteiger partial charge in [-0.25, -0.2) is 9.69 Å². The van der Waals surface area contributed by atoms with Gasteiger partial charge in [0.05, 0.1) is 24.8 Å². The monoisotopic (exact) mass is 359 g/mol. The van der Waals surface area contributed by atoms with Crippen LogP contribution in [-0.4, -0.2) is 66.5 Å². The molecule has 26 heavy (non-hydrogen) atoms. The third-order valence-electron chi connectivity index (χ3n) is 5.01.